The van der Waals surface area contributed by atoms with Gasteiger partial charge in [-0.1, -0.05) is 42.1 Å². The topological polar surface area (TPSA) is 128 Å². The first-order chi connectivity index (χ1) is 20.2. The number of hydrazone groups is 1. The lowest BCUT2D eigenvalue weighted by Gasteiger charge is -2.18. The number of carbonyl (C=O) groups excluding carboxylic acids is 2. The van der Waals surface area contributed by atoms with E-state index in [1.807, 2.05) is 74.5 Å². The number of rotatable bonds is 11. The van der Waals surface area contributed by atoms with Crippen molar-refractivity contribution in [3.63, 3.8) is 0 Å². The standard InChI is InChI=1S/C31H31N5O5S/c1-4-41-31(38)33-29(23-8-6-5-7-9-23)19-30(37)34-32-20-24-18-21(2)35(22(24)3)25-10-14-27(15-11-25)42-28-16-12-26(13-17-28)36(39)40/h5-18,20,29H,4,19H2,1-3H3,(H,33,38)(H,34,37)/b32-20-/t29-/m0/s1. The van der Waals surface area contributed by atoms with Crippen LogP contribution in [0.1, 0.15) is 41.9 Å². The average molecular weight is 586 g/mol. The number of aryl methyl sites for hydroxylation is 1. The molecule has 2 N–H and O–H groups in total. The van der Waals surface area contributed by atoms with Crippen molar-refractivity contribution in [2.45, 2.75) is 43.0 Å². The number of nitrogens with one attached hydrogen (secondary N) is 2. The van der Waals surface area contributed by atoms with Crippen molar-refractivity contribution in [1.29, 1.82) is 0 Å². The lowest BCUT2D eigenvalue weighted by Crippen LogP contribution is -2.33. The van der Waals surface area contributed by atoms with E-state index in [1.165, 1.54) is 23.9 Å². The van der Waals surface area contributed by atoms with Crippen LogP contribution in [0.3, 0.4) is 0 Å². The maximum atomic E-state index is 12.7. The number of amides is 2. The summed E-state index contributed by atoms with van der Waals surface area (Å²) < 4.78 is 7.08. The zero-order valence-electron chi connectivity index (χ0n) is 23.4. The lowest BCUT2D eigenvalue weighted by atomic mass is 10.0. The first kappa shape index (κ1) is 30.1. The Balaban J connectivity index is 1.40. The highest BCUT2D eigenvalue weighted by Crippen LogP contribution is 2.30. The Hall–Kier alpha value is -4.90. The van der Waals surface area contributed by atoms with Crippen molar-refractivity contribution in [3.8, 4) is 5.69 Å². The van der Waals surface area contributed by atoms with Gasteiger partial charge in [-0.25, -0.2) is 10.2 Å². The number of nitrogens with zero attached hydrogens (tertiary/aromatic N) is 3. The van der Waals surface area contributed by atoms with Crippen LogP contribution in [0.25, 0.3) is 5.69 Å². The molecule has 4 aromatic rings. The molecule has 0 spiro atoms. The maximum Gasteiger partial charge on any atom is 0.407 e. The van der Waals surface area contributed by atoms with Gasteiger partial charge in [-0.15, -0.1) is 0 Å². The number of hydrogen-bond donors (Lipinski definition) is 2. The normalized spacial score (nSPS) is 11.7. The summed E-state index contributed by atoms with van der Waals surface area (Å²) in [4.78, 5) is 37.1. The minimum Gasteiger partial charge on any atom is -0.450 e. The molecule has 1 aromatic heterocycles. The van der Waals surface area contributed by atoms with Crippen molar-refractivity contribution in [1.82, 2.24) is 15.3 Å². The molecule has 4 rings (SSSR count). The third-order valence-electron chi connectivity index (χ3n) is 6.40. The lowest BCUT2D eigenvalue weighted by molar-refractivity contribution is -0.384. The van der Waals surface area contributed by atoms with Crippen LogP contribution in [-0.4, -0.2) is 34.3 Å². The molecule has 0 radical (unpaired) electrons. The van der Waals surface area contributed by atoms with Crippen LogP contribution in [0.15, 0.2) is 99.8 Å². The fourth-order valence-electron chi connectivity index (χ4n) is 4.41. The van der Waals surface area contributed by atoms with Gasteiger partial charge in [0.2, 0.25) is 5.91 Å². The molecule has 0 aliphatic heterocycles. The number of nitro groups is 1. The second-order valence-corrected chi connectivity index (χ2v) is 10.5. The Bertz CT molecular complexity index is 1570. The zero-order chi connectivity index (χ0) is 30.1. The molecule has 0 bridgehead atoms. The molecule has 2 amide bonds. The second kappa shape index (κ2) is 14.1. The number of nitro benzene ring substituents is 1. The summed E-state index contributed by atoms with van der Waals surface area (Å²) in [5.41, 5.74) is 7.18. The van der Waals surface area contributed by atoms with Gasteiger partial charge in [-0.05, 0) is 68.8 Å². The molecule has 1 heterocycles. The van der Waals surface area contributed by atoms with Gasteiger partial charge in [0, 0.05) is 44.6 Å². The summed E-state index contributed by atoms with van der Waals surface area (Å²) in [7, 11) is 0. The summed E-state index contributed by atoms with van der Waals surface area (Å²) in [6.07, 6.45) is 1.00. The quantitative estimate of drug-likeness (QED) is 0.118. The third kappa shape index (κ3) is 7.85. The van der Waals surface area contributed by atoms with Crippen LogP contribution in [0.4, 0.5) is 10.5 Å². The molecule has 0 aliphatic carbocycles. The molecule has 0 saturated carbocycles. The Labute approximate surface area is 247 Å². The number of ether oxygens (including phenoxy) is 1. The van der Waals surface area contributed by atoms with Gasteiger partial charge in [0.05, 0.1) is 30.2 Å². The van der Waals surface area contributed by atoms with E-state index in [9.17, 15) is 19.7 Å². The first-order valence-electron chi connectivity index (χ1n) is 13.3. The first-order valence-corrected chi connectivity index (χ1v) is 14.1. The summed E-state index contributed by atoms with van der Waals surface area (Å²) in [6, 6.07) is 25.1. The van der Waals surface area contributed by atoms with Crippen molar-refractivity contribution < 1.29 is 19.2 Å². The maximum absolute atomic E-state index is 12.7. The molecule has 42 heavy (non-hydrogen) atoms. The molecule has 3 aromatic carbocycles. The summed E-state index contributed by atoms with van der Waals surface area (Å²) in [6.45, 7) is 5.92. The monoisotopic (exact) mass is 585 g/mol. The van der Waals surface area contributed by atoms with Crippen molar-refractivity contribution >= 4 is 35.7 Å². The predicted molar refractivity (Wildman–Crippen MR) is 162 cm³/mol. The number of non-ortho nitro benzene ring substituents is 1. The number of hydrogen-bond acceptors (Lipinski definition) is 7. The molecule has 0 saturated heterocycles. The van der Waals surface area contributed by atoms with E-state index in [1.54, 1.807) is 25.3 Å². The van der Waals surface area contributed by atoms with Crippen LogP contribution < -0.4 is 10.7 Å². The van der Waals surface area contributed by atoms with Gasteiger partial charge in [0.1, 0.15) is 0 Å². The van der Waals surface area contributed by atoms with Crippen LogP contribution in [-0.2, 0) is 9.53 Å². The highest BCUT2D eigenvalue weighted by molar-refractivity contribution is 7.99. The number of benzene rings is 3. The van der Waals surface area contributed by atoms with E-state index in [-0.39, 0.29) is 24.6 Å². The Kier molecular flexibility index (Phi) is 10.1. The second-order valence-electron chi connectivity index (χ2n) is 9.33. The van der Waals surface area contributed by atoms with Crippen molar-refractivity contribution in [2.24, 2.45) is 5.10 Å². The van der Waals surface area contributed by atoms with Gasteiger partial charge < -0.3 is 14.6 Å². The smallest absolute Gasteiger partial charge is 0.407 e. The van der Waals surface area contributed by atoms with Crippen LogP contribution in [0, 0.1) is 24.0 Å². The summed E-state index contributed by atoms with van der Waals surface area (Å²) in [5, 5.41) is 17.8. The fourth-order valence-corrected chi connectivity index (χ4v) is 5.22. The van der Waals surface area contributed by atoms with E-state index in [2.05, 4.69) is 20.4 Å². The molecule has 1 atom stereocenters. The molecule has 10 nitrogen and oxygen atoms in total. The predicted octanol–water partition coefficient (Wildman–Crippen LogP) is 6.48. The van der Waals surface area contributed by atoms with E-state index in [4.69, 9.17) is 4.74 Å². The molecular weight excluding hydrogens is 554 g/mol. The highest BCUT2D eigenvalue weighted by Gasteiger charge is 2.19. The van der Waals surface area contributed by atoms with Gasteiger partial charge in [-0.2, -0.15) is 5.10 Å². The molecule has 0 unspecified atom stereocenters. The van der Waals surface area contributed by atoms with Crippen molar-refractivity contribution in [2.75, 3.05) is 6.61 Å². The van der Waals surface area contributed by atoms with E-state index < -0.39 is 17.1 Å². The van der Waals surface area contributed by atoms with E-state index >= 15 is 0 Å². The SMILES string of the molecule is CCOC(=O)N[C@@H](CC(=O)N/N=C\c1cc(C)n(-c2ccc(Sc3ccc([N+](=O)[O-])cc3)cc2)c1C)c1ccccc1. The Morgan fingerprint density at radius 2 is 1.67 bits per heavy atom. The molecule has 11 heteroatoms. The van der Waals surface area contributed by atoms with Crippen LogP contribution >= 0.6 is 11.8 Å². The van der Waals surface area contributed by atoms with Gasteiger partial charge in [0.25, 0.3) is 5.69 Å². The zero-order valence-corrected chi connectivity index (χ0v) is 24.3. The Morgan fingerprint density at radius 3 is 2.29 bits per heavy atom. The van der Waals surface area contributed by atoms with Crippen LogP contribution in [0.5, 0.6) is 0 Å². The summed E-state index contributed by atoms with van der Waals surface area (Å²) in [5.74, 6) is -0.355. The Morgan fingerprint density at radius 1 is 1.02 bits per heavy atom. The fraction of sp³-hybridized carbons (Fsp3) is 0.194. The largest absolute Gasteiger partial charge is 0.450 e. The van der Waals surface area contributed by atoms with E-state index in [0.29, 0.717) is 0 Å². The van der Waals surface area contributed by atoms with Gasteiger partial charge in [-0.3, -0.25) is 14.9 Å². The van der Waals surface area contributed by atoms with Gasteiger partial charge in [0.15, 0.2) is 0 Å². The van der Waals surface area contributed by atoms with Gasteiger partial charge >= 0.3 is 6.09 Å². The number of alkyl carbamates (subject to hydrolysis) is 1. The molecule has 0 fully saturated rings. The number of carbonyl (C=O) groups is 2. The molecule has 0 aliphatic rings. The highest BCUT2D eigenvalue weighted by atomic mass is 32.2. The van der Waals surface area contributed by atoms with E-state index in [0.717, 1.165) is 38.0 Å². The minimum atomic E-state index is -0.590. The average Bonchev–Trinajstić information content (AvgIpc) is 3.26. The molecular formula is C31H31N5O5S. The van der Waals surface area contributed by atoms with Crippen molar-refractivity contribution in [3.05, 3.63) is 118 Å². The number of aromatic nitrogens is 1. The molecule has 216 valence electrons. The van der Waals surface area contributed by atoms with Crippen LogP contribution in [0.2, 0.25) is 0 Å². The third-order valence-corrected chi connectivity index (χ3v) is 7.42. The minimum absolute atomic E-state index is 0.0105. The summed E-state index contributed by atoms with van der Waals surface area (Å²) >= 11 is 1.52.